The minimum absolute atomic E-state index is 0.0148. The van der Waals surface area contributed by atoms with Gasteiger partial charge in [-0.2, -0.15) is 0 Å². The molecule has 0 unspecified atom stereocenters. The van der Waals surface area contributed by atoms with E-state index in [4.69, 9.17) is 0 Å². The second kappa shape index (κ2) is 13.8. The summed E-state index contributed by atoms with van der Waals surface area (Å²) in [5.74, 6) is 0. The molecule has 0 fully saturated rings. The van der Waals surface area contributed by atoms with E-state index in [1.165, 1.54) is 56.2 Å². The quantitative estimate of drug-likeness (QED) is 0.350. The molecule has 0 spiro atoms. The predicted octanol–water partition coefficient (Wildman–Crippen LogP) is 4.20. The fourth-order valence-electron chi connectivity index (χ4n) is 3.89. The molecule has 31 heavy (non-hydrogen) atoms. The van der Waals surface area contributed by atoms with Crippen LogP contribution >= 0.6 is 0 Å². The Morgan fingerprint density at radius 1 is 0.452 bits per heavy atom. The molecule has 0 nitrogen and oxygen atoms in total. The number of rotatable bonds is 8. The van der Waals surface area contributed by atoms with E-state index in [1.54, 1.807) is 0 Å². The maximum atomic E-state index is 2.27. The lowest BCUT2D eigenvalue weighted by molar-refractivity contribution is 1.29. The highest BCUT2D eigenvalue weighted by Crippen LogP contribution is 2.06. The molecular weight excluding hydrogens is 421 g/mol. The molecule has 4 aromatic carbocycles. The van der Waals surface area contributed by atoms with Gasteiger partial charge in [0.2, 0.25) is 0 Å². The van der Waals surface area contributed by atoms with Crippen LogP contribution in [0.4, 0.5) is 0 Å². The van der Waals surface area contributed by atoms with Gasteiger partial charge in [-0.25, -0.2) is 0 Å². The molecule has 0 aliphatic rings. The van der Waals surface area contributed by atoms with Crippen molar-refractivity contribution in [1.82, 2.24) is 0 Å². The average Bonchev–Trinajstić information content (AvgIpc) is 2.82. The van der Waals surface area contributed by atoms with E-state index in [0.29, 0.717) is 0 Å². The Hall–Kier alpha value is -2.47. The Balaban J connectivity index is 0.000000176. The monoisotopic (exact) mass is 454 g/mol. The van der Waals surface area contributed by atoms with Gasteiger partial charge in [-0.15, -0.1) is 0 Å². The molecule has 0 saturated heterocycles. The average molecular weight is 455 g/mol. The maximum absolute atomic E-state index is 2.27. The molecule has 0 saturated carbocycles. The lowest BCUT2D eigenvalue weighted by Crippen LogP contribution is -2.21. The van der Waals surface area contributed by atoms with Crippen LogP contribution in [0.2, 0.25) is 0 Å². The molecule has 4 rings (SSSR count). The van der Waals surface area contributed by atoms with Crippen LogP contribution in [0.15, 0.2) is 121 Å². The van der Waals surface area contributed by atoms with Gasteiger partial charge < -0.3 is 0 Å². The molecule has 0 aliphatic carbocycles. The van der Waals surface area contributed by atoms with E-state index < -0.39 is 8.31 Å². The van der Waals surface area contributed by atoms with Gasteiger partial charge in [0.1, 0.15) is 0 Å². The minimum atomic E-state index is -0.517. The summed E-state index contributed by atoms with van der Waals surface area (Å²) < 4.78 is 0. The van der Waals surface area contributed by atoms with Crippen molar-refractivity contribution in [3.8, 4) is 0 Å². The summed E-state index contributed by atoms with van der Waals surface area (Å²) in [7, 11) is 0.896. The molecule has 0 heterocycles. The molecule has 0 bridgehead atoms. The summed E-state index contributed by atoms with van der Waals surface area (Å²) in [5.41, 5.74) is 6.07. The minimum Gasteiger partial charge on any atom is -0.0622 e. The van der Waals surface area contributed by atoms with Gasteiger partial charge in [0.15, 0.2) is 0 Å². The smallest absolute Gasteiger partial charge is 0.0297 e. The van der Waals surface area contributed by atoms with Crippen LogP contribution in [-0.2, 0) is 24.2 Å². The van der Waals surface area contributed by atoms with Gasteiger partial charge in [-0.3, -0.25) is 0 Å². The third-order valence-electron chi connectivity index (χ3n) is 5.47. The van der Waals surface area contributed by atoms with Crippen molar-refractivity contribution in [3.05, 3.63) is 144 Å². The Labute approximate surface area is 195 Å². The molecule has 0 N–H and O–H groups in total. The zero-order valence-corrected chi connectivity index (χ0v) is 23.2. The van der Waals surface area contributed by atoms with E-state index in [1.807, 2.05) is 0 Å². The molecule has 0 aromatic heterocycles. The summed E-state index contributed by atoms with van der Waals surface area (Å²) in [6, 6.07) is 48.9. The van der Waals surface area contributed by atoms with Crippen LogP contribution in [0.1, 0.15) is 22.3 Å². The summed E-state index contributed by atoms with van der Waals surface area (Å²) >= 11 is 0. The van der Waals surface area contributed by atoms with Crippen molar-refractivity contribution in [2.75, 3.05) is 0 Å². The predicted molar refractivity (Wildman–Crippen MR) is 146 cm³/mol. The van der Waals surface area contributed by atoms with E-state index in [9.17, 15) is 0 Å². The first-order valence-electron chi connectivity index (χ1n) is 11.5. The normalized spacial score (nSPS) is 10.5. The van der Waals surface area contributed by atoms with Crippen LogP contribution < -0.4 is 0 Å². The van der Waals surface area contributed by atoms with E-state index in [0.717, 1.165) is 0 Å². The summed E-state index contributed by atoms with van der Waals surface area (Å²) in [4.78, 5) is 0. The topological polar surface area (TPSA) is 0 Å². The zero-order chi connectivity index (χ0) is 21.6. The second-order valence-corrected chi connectivity index (χ2v) is 17.9. The van der Waals surface area contributed by atoms with Crippen molar-refractivity contribution >= 4 is 27.6 Å². The van der Waals surface area contributed by atoms with Crippen molar-refractivity contribution in [1.29, 1.82) is 0 Å². The van der Waals surface area contributed by atoms with Gasteiger partial charge in [0.05, 0.1) is 0 Å². The Kier molecular flexibility index (Phi) is 10.3. The highest BCUT2D eigenvalue weighted by molar-refractivity contribution is 7.02. The Morgan fingerprint density at radius 2 is 0.742 bits per heavy atom. The van der Waals surface area contributed by atoms with Crippen LogP contribution in [0, 0.1) is 0 Å². The van der Waals surface area contributed by atoms with Crippen molar-refractivity contribution < 1.29 is 0 Å². The van der Waals surface area contributed by atoms with Gasteiger partial charge in [0, 0.05) is 17.8 Å². The lowest BCUT2D eigenvalue weighted by Gasteiger charge is -2.09. The fourth-order valence-corrected chi connectivity index (χ4v) is 10.7. The first kappa shape index (κ1) is 23.2. The highest BCUT2D eigenvalue weighted by atomic mass is 29.1. The molecule has 4 aromatic rings. The molecule has 0 amide bonds. The summed E-state index contributed by atoms with van der Waals surface area (Å²) in [6.45, 7) is 0. The van der Waals surface area contributed by atoms with Crippen molar-refractivity contribution in [2.24, 2.45) is 0 Å². The number of hydrogen-bond acceptors (Lipinski definition) is 0. The molecule has 3 heteroatoms. The van der Waals surface area contributed by atoms with Crippen molar-refractivity contribution in [2.45, 2.75) is 24.2 Å². The van der Waals surface area contributed by atoms with Gasteiger partial charge >= 0.3 is 0 Å². The number of benzene rings is 4. The first-order chi connectivity index (χ1) is 15.3. The van der Waals surface area contributed by atoms with Crippen LogP contribution in [-0.4, -0.2) is 27.6 Å². The van der Waals surface area contributed by atoms with Crippen molar-refractivity contribution in [3.63, 3.8) is 0 Å². The number of hydrogen-bond donors (Lipinski definition) is 0. The summed E-state index contributed by atoms with van der Waals surface area (Å²) in [6.07, 6.45) is 0. The molecule has 0 radical (unpaired) electrons. The van der Waals surface area contributed by atoms with E-state index in [-0.39, 0.29) is 9.52 Å². The third-order valence-corrected chi connectivity index (χ3v) is 12.1. The highest BCUT2D eigenvalue weighted by Gasteiger charge is 2.06. The standard InChI is InChI=1S/C14H18Si2.C14H16Si/c15-16(11-13-7-3-1-4-8-13)12-14-9-5-2-6-10-14;1-3-7-13(8-4-1)11-15-12-14-9-5-2-6-10-14/h1-10,16H,11-12H2,15H3;1-10H,11-12,15H2. The van der Waals surface area contributed by atoms with Crippen LogP contribution in [0.25, 0.3) is 0 Å². The Morgan fingerprint density at radius 3 is 1.06 bits per heavy atom. The van der Waals surface area contributed by atoms with E-state index >= 15 is 0 Å². The lowest BCUT2D eigenvalue weighted by atomic mass is 10.2. The molecule has 0 atom stereocenters. The molecular formula is C28H34Si3. The van der Waals surface area contributed by atoms with Crippen LogP contribution in [0.3, 0.4) is 0 Å². The first-order valence-corrected chi connectivity index (χ1v) is 19.7. The van der Waals surface area contributed by atoms with E-state index in [2.05, 4.69) is 121 Å². The maximum Gasteiger partial charge on any atom is 0.0297 e. The molecule has 0 aliphatic heterocycles. The van der Waals surface area contributed by atoms with Gasteiger partial charge in [0.25, 0.3) is 0 Å². The fraction of sp³-hybridized carbons (Fsp3) is 0.143. The Bertz CT molecular complexity index is 877. The SMILES string of the molecule is [SiH3][SiH](Cc1ccccc1)Cc1ccccc1.c1ccc(C[SiH2]Cc2ccccc2)cc1. The molecule has 158 valence electrons. The second-order valence-electron chi connectivity index (χ2n) is 8.31. The van der Waals surface area contributed by atoms with Crippen LogP contribution in [0.5, 0.6) is 0 Å². The zero-order valence-electron chi connectivity index (χ0n) is 18.7. The van der Waals surface area contributed by atoms with Gasteiger partial charge in [-0.05, 0) is 33.9 Å². The third kappa shape index (κ3) is 9.47. The van der Waals surface area contributed by atoms with Gasteiger partial charge in [-0.1, -0.05) is 144 Å². The largest absolute Gasteiger partial charge is 0.0622 e. The summed E-state index contributed by atoms with van der Waals surface area (Å²) in [5, 5.41) is 0.